The molecule has 0 aliphatic heterocycles. The number of sulfonamides is 1. The Bertz CT molecular complexity index is 1580. The van der Waals surface area contributed by atoms with Crippen molar-refractivity contribution in [2.24, 2.45) is 0 Å². The second kappa shape index (κ2) is 8.35. The minimum Gasteiger partial charge on any atom is -0.213 e. The number of benzene rings is 4. The summed E-state index contributed by atoms with van der Waals surface area (Å²) in [6.45, 7) is 1.90. The molecular formula is C25H19ClN4O2S. The van der Waals surface area contributed by atoms with Gasteiger partial charge in [0.1, 0.15) is 0 Å². The van der Waals surface area contributed by atoms with E-state index in [-0.39, 0.29) is 4.90 Å². The summed E-state index contributed by atoms with van der Waals surface area (Å²) < 4.78 is 28.2. The lowest BCUT2D eigenvalue weighted by molar-refractivity contribution is 0.595. The van der Waals surface area contributed by atoms with E-state index in [2.05, 4.69) is 15.0 Å². The molecule has 5 rings (SSSR count). The highest BCUT2D eigenvalue weighted by Gasteiger charge is 2.22. The number of aromatic nitrogens is 3. The van der Waals surface area contributed by atoms with Gasteiger partial charge < -0.3 is 0 Å². The van der Waals surface area contributed by atoms with Crippen molar-refractivity contribution < 1.29 is 8.42 Å². The van der Waals surface area contributed by atoms with E-state index in [4.69, 9.17) is 11.6 Å². The van der Waals surface area contributed by atoms with E-state index < -0.39 is 10.0 Å². The van der Waals surface area contributed by atoms with Crippen molar-refractivity contribution in [1.82, 2.24) is 14.9 Å². The Morgan fingerprint density at radius 2 is 1.42 bits per heavy atom. The van der Waals surface area contributed by atoms with Crippen molar-refractivity contribution in [2.75, 3.05) is 4.83 Å². The normalized spacial score (nSPS) is 11.6. The summed E-state index contributed by atoms with van der Waals surface area (Å²) in [6.07, 6.45) is 0. The lowest BCUT2D eigenvalue weighted by Gasteiger charge is -2.14. The number of hydrogen-bond acceptors (Lipinski definition) is 4. The second-order valence-corrected chi connectivity index (χ2v) is 9.68. The number of halogens is 1. The van der Waals surface area contributed by atoms with Gasteiger partial charge in [0.05, 0.1) is 4.90 Å². The van der Waals surface area contributed by atoms with Crippen molar-refractivity contribution in [3.63, 3.8) is 0 Å². The Kier molecular flexibility index (Phi) is 5.36. The van der Waals surface area contributed by atoms with Gasteiger partial charge in [-0.25, -0.2) is 9.51 Å². The summed E-state index contributed by atoms with van der Waals surface area (Å²) in [5, 5.41) is 10.9. The highest BCUT2D eigenvalue weighted by Crippen LogP contribution is 2.28. The first-order chi connectivity index (χ1) is 15.9. The van der Waals surface area contributed by atoms with E-state index in [1.165, 1.54) is 4.68 Å². The molecule has 0 amide bonds. The lowest BCUT2D eigenvalue weighted by atomic mass is 10.1. The molecule has 33 heavy (non-hydrogen) atoms. The molecule has 1 aromatic heterocycles. The molecule has 0 radical (unpaired) electrons. The number of nitrogens with zero attached hydrogens (tertiary/aromatic N) is 3. The monoisotopic (exact) mass is 474 g/mol. The van der Waals surface area contributed by atoms with Crippen molar-refractivity contribution in [1.29, 1.82) is 0 Å². The molecule has 0 atom stereocenters. The molecule has 4 aromatic carbocycles. The molecule has 0 bridgehead atoms. The number of rotatable bonds is 5. The van der Waals surface area contributed by atoms with Crippen molar-refractivity contribution >= 4 is 32.4 Å². The van der Waals surface area contributed by atoms with E-state index in [9.17, 15) is 8.42 Å². The van der Waals surface area contributed by atoms with Crippen LogP contribution in [0.1, 0.15) is 5.56 Å². The van der Waals surface area contributed by atoms with Crippen LogP contribution in [-0.4, -0.2) is 23.3 Å². The van der Waals surface area contributed by atoms with Gasteiger partial charge >= 0.3 is 0 Å². The largest absolute Gasteiger partial charge is 0.275 e. The standard InChI is InChI=1S/C25H19ClN4O2S/c1-17-11-12-21(16-23(17)26)25-28-27-24(19-8-3-2-4-9-19)30(25)29-33(31,32)22-14-13-18-7-5-6-10-20(18)15-22/h2-16,29H,1H3. The molecule has 0 unspecified atom stereocenters. The molecule has 5 aromatic rings. The van der Waals surface area contributed by atoms with Gasteiger partial charge in [-0.3, -0.25) is 0 Å². The maximum atomic E-state index is 13.4. The minimum absolute atomic E-state index is 0.141. The van der Waals surface area contributed by atoms with Gasteiger partial charge in [0.25, 0.3) is 10.0 Å². The molecule has 0 fully saturated rings. The number of aryl methyl sites for hydroxylation is 1. The zero-order chi connectivity index (χ0) is 23.0. The van der Waals surface area contributed by atoms with Crippen molar-refractivity contribution in [3.8, 4) is 22.8 Å². The van der Waals surface area contributed by atoms with Gasteiger partial charge in [-0.15, -0.1) is 10.2 Å². The molecule has 0 saturated heterocycles. The van der Waals surface area contributed by atoms with Crippen LogP contribution in [0.5, 0.6) is 0 Å². The van der Waals surface area contributed by atoms with Gasteiger partial charge in [0, 0.05) is 16.1 Å². The molecule has 0 aliphatic rings. The Labute approximate surface area is 196 Å². The summed E-state index contributed by atoms with van der Waals surface area (Å²) in [6, 6.07) is 27.3. The molecule has 8 heteroatoms. The molecule has 0 aliphatic carbocycles. The number of hydrogen-bond donors (Lipinski definition) is 1. The van der Waals surface area contributed by atoms with Gasteiger partial charge in [-0.2, -0.15) is 8.42 Å². The maximum Gasteiger partial charge on any atom is 0.275 e. The summed E-state index contributed by atoms with van der Waals surface area (Å²) in [7, 11) is -3.95. The number of fused-ring (bicyclic) bond motifs is 1. The quantitative estimate of drug-likeness (QED) is 0.356. The fourth-order valence-corrected chi connectivity index (χ4v) is 4.80. The average molecular weight is 475 g/mol. The van der Waals surface area contributed by atoms with Crippen LogP contribution in [0.4, 0.5) is 0 Å². The van der Waals surface area contributed by atoms with Gasteiger partial charge in [0.2, 0.25) is 0 Å². The first-order valence-corrected chi connectivity index (χ1v) is 12.1. The Hall–Kier alpha value is -3.68. The van der Waals surface area contributed by atoms with E-state index in [1.807, 2.05) is 73.7 Å². The van der Waals surface area contributed by atoms with Crippen LogP contribution in [0.3, 0.4) is 0 Å². The second-order valence-electron chi connectivity index (χ2n) is 7.62. The third-order valence-corrected chi connectivity index (χ3v) is 7.07. The highest BCUT2D eigenvalue weighted by atomic mass is 35.5. The van der Waals surface area contributed by atoms with Crippen LogP contribution in [0, 0.1) is 6.92 Å². The fourth-order valence-electron chi connectivity index (χ4n) is 3.57. The van der Waals surface area contributed by atoms with Crippen LogP contribution in [0.2, 0.25) is 5.02 Å². The van der Waals surface area contributed by atoms with E-state index in [1.54, 1.807) is 24.3 Å². The third-order valence-electron chi connectivity index (χ3n) is 5.37. The van der Waals surface area contributed by atoms with Crippen LogP contribution in [0.25, 0.3) is 33.5 Å². The van der Waals surface area contributed by atoms with E-state index in [0.717, 1.165) is 21.9 Å². The zero-order valence-corrected chi connectivity index (χ0v) is 19.2. The summed E-state index contributed by atoms with van der Waals surface area (Å²) >= 11 is 6.33. The maximum absolute atomic E-state index is 13.4. The molecule has 1 heterocycles. The van der Waals surface area contributed by atoms with Gasteiger partial charge in [-0.1, -0.05) is 84.4 Å². The first-order valence-electron chi connectivity index (χ1n) is 10.2. The van der Waals surface area contributed by atoms with E-state index >= 15 is 0 Å². The molecular weight excluding hydrogens is 456 g/mol. The molecule has 0 spiro atoms. The van der Waals surface area contributed by atoms with Crippen molar-refractivity contribution in [2.45, 2.75) is 11.8 Å². The Balaban J connectivity index is 1.64. The lowest BCUT2D eigenvalue weighted by Crippen LogP contribution is -2.25. The topological polar surface area (TPSA) is 76.9 Å². The molecule has 164 valence electrons. The third kappa shape index (κ3) is 4.08. The SMILES string of the molecule is Cc1ccc(-c2nnc(-c3ccccc3)n2NS(=O)(=O)c2ccc3ccccc3c2)cc1Cl. The molecule has 1 N–H and O–H groups in total. The minimum atomic E-state index is -3.95. The van der Waals surface area contributed by atoms with Gasteiger partial charge in [-0.05, 0) is 41.5 Å². The first kappa shape index (κ1) is 21.2. The van der Waals surface area contributed by atoms with Crippen LogP contribution >= 0.6 is 11.6 Å². The predicted octanol–water partition coefficient (Wildman–Crippen LogP) is 5.66. The van der Waals surface area contributed by atoms with E-state index in [0.29, 0.717) is 22.2 Å². The molecule has 6 nitrogen and oxygen atoms in total. The predicted molar refractivity (Wildman–Crippen MR) is 131 cm³/mol. The average Bonchev–Trinajstić information content (AvgIpc) is 3.24. The summed E-state index contributed by atoms with van der Waals surface area (Å²) in [4.78, 5) is 2.81. The van der Waals surface area contributed by atoms with Crippen LogP contribution in [-0.2, 0) is 10.0 Å². The molecule has 0 saturated carbocycles. The highest BCUT2D eigenvalue weighted by molar-refractivity contribution is 7.92. The van der Waals surface area contributed by atoms with Crippen molar-refractivity contribution in [3.05, 3.63) is 102 Å². The zero-order valence-electron chi connectivity index (χ0n) is 17.6. The smallest absolute Gasteiger partial charge is 0.213 e. The number of nitrogens with one attached hydrogen (secondary N) is 1. The summed E-state index contributed by atoms with van der Waals surface area (Å²) in [5.41, 5.74) is 2.27. The van der Waals surface area contributed by atoms with Crippen LogP contribution in [0.15, 0.2) is 95.9 Å². The van der Waals surface area contributed by atoms with Crippen LogP contribution < -0.4 is 4.83 Å². The Morgan fingerprint density at radius 1 is 0.758 bits per heavy atom. The van der Waals surface area contributed by atoms with Gasteiger partial charge in [0.15, 0.2) is 11.6 Å². The Morgan fingerprint density at radius 3 is 2.15 bits per heavy atom. The summed E-state index contributed by atoms with van der Waals surface area (Å²) in [5.74, 6) is 0.701. The fraction of sp³-hybridized carbons (Fsp3) is 0.0400.